The third-order valence-electron chi connectivity index (χ3n) is 4.18. The Morgan fingerprint density at radius 1 is 1.12 bits per heavy atom. The fraction of sp³-hybridized carbons (Fsp3) is 0.300. The number of nitrogens with one attached hydrogen (secondary N) is 2. The lowest BCUT2D eigenvalue weighted by Gasteiger charge is -2.18. The van der Waals surface area contributed by atoms with Gasteiger partial charge in [-0.15, -0.1) is 0 Å². The number of carbonyl (C=O) groups is 2. The molecule has 2 N–H and O–H groups in total. The topological polar surface area (TPSA) is 61.4 Å². The van der Waals surface area contributed by atoms with Crippen molar-refractivity contribution in [2.45, 2.75) is 26.3 Å². The second-order valence-corrected chi connectivity index (χ2v) is 6.49. The summed E-state index contributed by atoms with van der Waals surface area (Å²) in [6.07, 6.45) is 0.896. The van der Waals surface area contributed by atoms with Crippen molar-refractivity contribution in [3.05, 3.63) is 59.7 Å². The summed E-state index contributed by atoms with van der Waals surface area (Å²) in [6, 6.07) is 15.3. The van der Waals surface area contributed by atoms with Crippen molar-refractivity contribution in [3.63, 3.8) is 0 Å². The van der Waals surface area contributed by atoms with E-state index in [1.807, 2.05) is 49.1 Å². The minimum Gasteiger partial charge on any atom is -0.376 e. The zero-order valence-electron chi connectivity index (χ0n) is 14.6. The van der Waals surface area contributed by atoms with Gasteiger partial charge >= 0.3 is 0 Å². The summed E-state index contributed by atoms with van der Waals surface area (Å²) < 4.78 is 0. The Bertz CT molecular complexity index is 786. The number of hydrogen-bond acceptors (Lipinski definition) is 3. The average molecular weight is 337 g/mol. The van der Waals surface area contributed by atoms with Crippen molar-refractivity contribution in [3.8, 4) is 0 Å². The fourth-order valence-corrected chi connectivity index (χ4v) is 2.99. The van der Waals surface area contributed by atoms with E-state index >= 15 is 0 Å². The summed E-state index contributed by atoms with van der Waals surface area (Å²) in [7, 11) is 0. The van der Waals surface area contributed by atoms with Crippen LogP contribution in [0, 0.1) is 0 Å². The Morgan fingerprint density at radius 3 is 2.72 bits per heavy atom. The Kier molecular flexibility index (Phi) is 5.03. The third-order valence-corrected chi connectivity index (χ3v) is 4.18. The van der Waals surface area contributed by atoms with Crippen molar-refractivity contribution in [2.75, 3.05) is 23.3 Å². The highest BCUT2D eigenvalue weighted by Crippen LogP contribution is 2.27. The van der Waals surface area contributed by atoms with Crippen molar-refractivity contribution in [2.24, 2.45) is 0 Å². The number of carbonyl (C=O) groups excluding carboxylic acids is 2. The van der Waals surface area contributed by atoms with E-state index in [2.05, 4.69) is 16.7 Å². The zero-order chi connectivity index (χ0) is 17.8. The molecule has 3 rings (SSSR count). The van der Waals surface area contributed by atoms with Crippen molar-refractivity contribution in [1.29, 1.82) is 0 Å². The second-order valence-electron chi connectivity index (χ2n) is 6.49. The van der Waals surface area contributed by atoms with Crippen LogP contribution >= 0.6 is 0 Å². The van der Waals surface area contributed by atoms with Crippen molar-refractivity contribution < 1.29 is 9.59 Å². The lowest BCUT2D eigenvalue weighted by molar-refractivity contribution is -0.116. The molecule has 0 saturated heterocycles. The van der Waals surface area contributed by atoms with Gasteiger partial charge in [-0.25, -0.2) is 0 Å². The van der Waals surface area contributed by atoms with Gasteiger partial charge in [0, 0.05) is 29.5 Å². The molecular weight excluding hydrogens is 314 g/mol. The maximum atomic E-state index is 12.5. The zero-order valence-corrected chi connectivity index (χ0v) is 14.6. The molecule has 5 heteroatoms. The van der Waals surface area contributed by atoms with E-state index in [-0.39, 0.29) is 24.4 Å². The van der Waals surface area contributed by atoms with Gasteiger partial charge in [0.05, 0.1) is 6.54 Å². The van der Waals surface area contributed by atoms with E-state index in [1.54, 1.807) is 12.1 Å². The largest absolute Gasteiger partial charge is 0.376 e. The van der Waals surface area contributed by atoms with E-state index < -0.39 is 0 Å². The summed E-state index contributed by atoms with van der Waals surface area (Å²) in [5.74, 6) is -0.0829. The molecule has 0 saturated carbocycles. The number of fused-ring (bicyclic) bond motifs is 1. The molecule has 2 aromatic rings. The van der Waals surface area contributed by atoms with Crippen LogP contribution in [0.3, 0.4) is 0 Å². The number of anilines is 2. The summed E-state index contributed by atoms with van der Waals surface area (Å²) in [4.78, 5) is 26.4. The van der Waals surface area contributed by atoms with Crippen LogP contribution in [0.1, 0.15) is 29.8 Å². The number of benzene rings is 2. The molecule has 25 heavy (non-hydrogen) atoms. The van der Waals surface area contributed by atoms with E-state index in [4.69, 9.17) is 0 Å². The van der Waals surface area contributed by atoms with Crippen molar-refractivity contribution in [1.82, 2.24) is 5.32 Å². The van der Waals surface area contributed by atoms with Gasteiger partial charge in [-0.05, 0) is 50.1 Å². The normalized spacial score (nSPS) is 12.8. The molecular formula is C20H23N3O2. The molecule has 0 atom stereocenters. The minimum absolute atomic E-state index is 0.0296. The second kappa shape index (κ2) is 7.38. The quantitative estimate of drug-likeness (QED) is 0.882. The van der Waals surface area contributed by atoms with Crippen LogP contribution in [0.5, 0.6) is 0 Å². The highest BCUT2D eigenvalue weighted by molar-refractivity contribution is 5.98. The Morgan fingerprint density at radius 2 is 1.92 bits per heavy atom. The van der Waals surface area contributed by atoms with Crippen LogP contribution in [0.15, 0.2) is 48.5 Å². The predicted octanol–water partition coefficient (Wildman–Crippen LogP) is 2.83. The molecule has 130 valence electrons. The molecule has 0 aromatic heterocycles. The number of hydrogen-bond donors (Lipinski definition) is 2. The Balaban J connectivity index is 1.62. The molecule has 0 radical (unpaired) electrons. The maximum Gasteiger partial charge on any atom is 0.251 e. The molecule has 0 fully saturated rings. The van der Waals surface area contributed by atoms with Gasteiger partial charge in [0.15, 0.2) is 0 Å². The van der Waals surface area contributed by atoms with Crippen LogP contribution in [-0.4, -0.2) is 30.9 Å². The van der Waals surface area contributed by atoms with Gasteiger partial charge in [-0.1, -0.05) is 24.3 Å². The third kappa shape index (κ3) is 3.99. The summed E-state index contributed by atoms with van der Waals surface area (Å²) >= 11 is 0. The van der Waals surface area contributed by atoms with Gasteiger partial charge in [-0.2, -0.15) is 0 Å². The van der Waals surface area contributed by atoms with Crippen LogP contribution < -0.4 is 15.5 Å². The summed E-state index contributed by atoms with van der Waals surface area (Å²) in [6.45, 7) is 4.76. The first-order valence-electron chi connectivity index (χ1n) is 8.57. The van der Waals surface area contributed by atoms with Crippen LogP contribution in [0.4, 0.5) is 11.4 Å². The lowest BCUT2D eigenvalue weighted by Crippen LogP contribution is -2.34. The fourth-order valence-electron chi connectivity index (χ4n) is 2.99. The van der Waals surface area contributed by atoms with Crippen LogP contribution in [-0.2, 0) is 11.2 Å². The Labute approximate surface area is 148 Å². The van der Waals surface area contributed by atoms with E-state index in [1.165, 1.54) is 5.56 Å². The number of rotatable bonds is 5. The average Bonchev–Trinajstić information content (AvgIpc) is 3.03. The van der Waals surface area contributed by atoms with Gasteiger partial charge in [0.1, 0.15) is 0 Å². The van der Waals surface area contributed by atoms with E-state index in [9.17, 15) is 9.59 Å². The molecule has 1 aliphatic heterocycles. The first-order chi connectivity index (χ1) is 12.0. The molecule has 0 spiro atoms. The molecule has 0 unspecified atom stereocenters. The first kappa shape index (κ1) is 17.0. The van der Waals surface area contributed by atoms with Crippen LogP contribution in [0.2, 0.25) is 0 Å². The number of amides is 2. The summed E-state index contributed by atoms with van der Waals surface area (Å²) in [5, 5.41) is 5.99. The SMILES string of the molecule is CC(C)NC(=O)c1cccc(NCC(=O)N2CCc3ccccc32)c1. The van der Waals surface area contributed by atoms with Gasteiger partial charge < -0.3 is 15.5 Å². The van der Waals surface area contributed by atoms with E-state index in [0.29, 0.717) is 5.56 Å². The molecule has 1 aliphatic rings. The molecule has 1 heterocycles. The molecule has 5 nitrogen and oxygen atoms in total. The Hall–Kier alpha value is -2.82. The highest BCUT2D eigenvalue weighted by Gasteiger charge is 2.23. The molecule has 2 aromatic carbocycles. The van der Waals surface area contributed by atoms with Gasteiger partial charge in [0.2, 0.25) is 5.91 Å². The van der Waals surface area contributed by atoms with E-state index in [0.717, 1.165) is 24.3 Å². The lowest BCUT2D eigenvalue weighted by atomic mass is 10.1. The maximum absolute atomic E-state index is 12.5. The summed E-state index contributed by atoms with van der Waals surface area (Å²) in [5.41, 5.74) is 3.55. The molecule has 0 bridgehead atoms. The minimum atomic E-state index is -0.113. The van der Waals surface area contributed by atoms with Crippen LogP contribution in [0.25, 0.3) is 0 Å². The monoisotopic (exact) mass is 337 g/mol. The predicted molar refractivity (Wildman–Crippen MR) is 100 cm³/mol. The van der Waals surface area contributed by atoms with Gasteiger partial charge in [0.25, 0.3) is 5.91 Å². The molecule has 0 aliphatic carbocycles. The molecule has 2 amide bonds. The standard InChI is InChI=1S/C20H23N3O2/c1-14(2)22-20(25)16-7-5-8-17(12-16)21-13-19(24)23-11-10-15-6-3-4-9-18(15)23/h3-9,12,14,21H,10-11,13H2,1-2H3,(H,22,25). The number of nitrogens with zero attached hydrogens (tertiary/aromatic N) is 1. The van der Waals surface area contributed by atoms with Gasteiger partial charge in [-0.3, -0.25) is 9.59 Å². The van der Waals surface area contributed by atoms with Crippen molar-refractivity contribution >= 4 is 23.2 Å². The smallest absolute Gasteiger partial charge is 0.251 e. The highest BCUT2D eigenvalue weighted by atomic mass is 16.2. The first-order valence-corrected chi connectivity index (χ1v) is 8.57. The number of para-hydroxylation sites is 1.